The Morgan fingerprint density at radius 2 is 1.84 bits per heavy atom. The lowest BCUT2D eigenvalue weighted by atomic mass is 10.0. The minimum atomic E-state index is -3.38. The molecule has 0 aromatic heterocycles. The van der Waals surface area contributed by atoms with E-state index in [-0.39, 0.29) is 6.04 Å². The summed E-state index contributed by atoms with van der Waals surface area (Å²) in [4.78, 5) is 24.1. The Morgan fingerprint density at radius 1 is 1.12 bits per heavy atom. The standard InChI is InChI=1S/C17H23N3O4S/c1-25(23,24)20-10-4-5-12-8-9-14(11-15(12)20)19-17(22)16(21)18-13-6-2-3-7-13/h8-9,11,13H,2-7,10H2,1H3,(H,18,21)(H,19,22). The largest absolute Gasteiger partial charge is 0.345 e. The van der Waals surface area contributed by atoms with E-state index in [0.29, 0.717) is 17.9 Å². The Bertz CT molecular complexity index is 785. The fourth-order valence-corrected chi connectivity index (χ4v) is 4.46. The molecular formula is C17H23N3O4S. The molecule has 1 aromatic carbocycles. The van der Waals surface area contributed by atoms with Gasteiger partial charge in [0.15, 0.2) is 0 Å². The minimum Gasteiger partial charge on any atom is -0.345 e. The number of nitrogens with zero attached hydrogens (tertiary/aromatic N) is 1. The van der Waals surface area contributed by atoms with Gasteiger partial charge in [0.05, 0.1) is 11.9 Å². The molecule has 0 radical (unpaired) electrons. The molecule has 0 spiro atoms. The van der Waals surface area contributed by atoms with Crippen LogP contribution in [-0.2, 0) is 26.0 Å². The Hall–Kier alpha value is -2.09. The van der Waals surface area contributed by atoms with E-state index in [9.17, 15) is 18.0 Å². The van der Waals surface area contributed by atoms with Crippen LogP contribution in [0.25, 0.3) is 0 Å². The molecule has 8 heteroatoms. The highest BCUT2D eigenvalue weighted by Crippen LogP contribution is 2.31. The number of anilines is 2. The molecule has 1 aliphatic heterocycles. The smallest absolute Gasteiger partial charge is 0.313 e. The third-order valence-corrected chi connectivity index (χ3v) is 5.90. The average molecular weight is 365 g/mol. The minimum absolute atomic E-state index is 0.0718. The van der Waals surface area contributed by atoms with Crippen LogP contribution in [0.5, 0.6) is 0 Å². The highest BCUT2D eigenvalue weighted by atomic mass is 32.2. The molecule has 7 nitrogen and oxygen atoms in total. The number of carbonyl (C=O) groups excluding carboxylic acids is 2. The molecular weight excluding hydrogens is 342 g/mol. The van der Waals surface area contributed by atoms with Gasteiger partial charge in [0.1, 0.15) is 0 Å². The fourth-order valence-electron chi connectivity index (χ4n) is 3.47. The Kier molecular flexibility index (Phi) is 4.99. The summed E-state index contributed by atoms with van der Waals surface area (Å²) in [6.07, 6.45) is 6.66. The number of sulfonamides is 1. The lowest BCUT2D eigenvalue weighted by molar-refractivity contribution is -0.136. The van der Waals surface area contributed by atoms with Crippen molar-refractivity contribution in [3.8, 4) is 0 Å². The van der Waals surface area contributed by atoms with Gasteiger partial charge in [-0.25, -0.2) is 8.42 Å². The first-order chi connectivity index (χ1) is 11.8. The Labute approximate surface area is 147 Å². The van der Waals surface area contributed by atoms with Gasteiger partial charge in [0.25, 0.3) is 0 Å². The zero-order chi connectivity index (χ0) is 18.0. The molecule has 136 valence electrons. The van der Waals surface area contributed by atoms with Crippen LogP contribution in [0.4, 0.5) is 11.4 Å². The zero-order valence-electron chi connectivity index (χ0n) is 14.2. The predicted molar refractivity (Wildman–Crippen MR) is 96.0 cm³/mol. The number of nitrogens with one attached hydrogen (secondary N) is 2. The lowest BCUT2D eigenvalue weighted by Crippen LogP contribution is -2.40. The van der Waals surface area contributed by atoms with Crippen molar-refractivity contribution in [1.82, 2.24) is 5.32 Å². The highest BCUT2D eigenvalue weighted by Gasteiger charge is 2.25. The van der Waals surface area contributed by atoms with Crippen LogP contribution in [0.15, 0.2) is 18.2 Å². The van der Waals surface area contributed by atoms with Crippen molar-refractivity contribution >= 4 is 33.2 Å². The summed E-state index contributed by atoms with van der Waals surface area (Å²) in [6, 6.07) is 5.20. The molecule has 0 bridgehead atoms. The van der Waals surface area contributed by atoms with E-state index in [1.807, 2.05) is 0 Å². The second-order valence-corrected chi connectivity index (χ2v) is 8.60. The second-order valence-electron chi connectivity index (χ2n) is 6.69. The van der Waals surface area contributed by atoms with Crippen LogP contribution in [0.3, 0.4) is 0 Å². The third-order valence-electron chi connectivity index (χ3n) is 4.72. The van der Waals surface area contributed by atoms with Crippen LogP contribution in [0.2, 0.25) is 0 Å². The topological polar surface area (TPSA) is 95.6 Å². The SMILES string of the molecule is CS(=O)(=O)N1CCCc2ccc(NC(=O)C(=O)NC3CCCC3)cc21. The van der Waals surface area contributed by atoms with E-state index >= 15 is 0 Å². The maximum Gasteiger partial charge on any atom is 0.313 e. The number of aryl methyl sites for hydroxylation is 1. The summed E-state index contributed by atoms with van der Waals surface area (Å²) < 4.78 is 25.3. The Balaban J connectivity index is 1.73. The van der Waals surface area contributed by atoms with Crippen LogP contribution in [0, 0.1) is 0 Å². The van der Waals surface area contributed by atoms with E-state index in [2.05, 4.69) is 10.6 Å². The molecule has 2 N–H and O–H groups in total. The molecule has 1 heterocycles. The van der Waals surface area contributed by atoms with Crippen LogP contribution >= 0.6 is 0 Å². The fraction of sp³-hybridized carbons (Fsp3) is 0.529. The van der Waals surface area contributed by atoms with Crippen molar-refractivity contribution in [2.45, 2.75) is 44.6 Å². The summed E-state index contributed by atoms with van der Waals surface area (Å²) in [6.45, 7) is 0.422. The first-order valence-corrected chi connectivity index (χ1v) is 10.4. The monoisotopic (exact) mass is 365 g/mol. The number of hydrogen-bond donors (Lipinski definition) is 2. The molecule has 1 saturated carbocycles. The highest BCUT2D eigenvalue weighted by molar-refractivity contribution is 7.92. The van der Waals surface area contributed by atoms with Crippen molar-refractivity contribution in [2.75, 3.05) is 22.4 Å². The second kappa shape index (κ2) is 7.03. The van der Waals surface area contributed by atoms with Crippen molar-refractivity contribution in [3.05, 3.63) is 23.8 Å². The van der Waals surface area contributed by atoms with E-state index in [4.69, 9.17) is 0 Å². The normalized spacial score (nSPS) is 17.9. The lowest BCUT2D eigenvalue weighted by Gasteiger charge is -2.29. The molecule has 0 saturated heterocycles. The van der Waals surface area contributed by atoms with E-state index in [1.165, 1.54) is 10.6 Å². The molecule has 1 aromatic rings. The van der Waals surface area contributed by atoms with Crippen molar-refractivity contribution < 1.29 is 18.0 Å². The molecule has 1 fully saturated rings. The maximum atomic E-state index is 12.1. The van der Waals surface area contributed by atoms with Gasteiger partial charge in [-0.05, 0) is 43.4 Å². The summed E-state index contributed by atoms with van der Waals surface area (Å²) in [5, 5.41) is 5.30. The molecule has 1 aliphatic carbocycles. The van der Waals surface area contributed by atoms with Gasteiger partial charge < -0.3 is 10.6 Å². The maximum absolute atomic E-state index is 12.1. The van der Waals surface area contributed by atoms with Gasteiger partial charge in [-0.15, -0.1) is 0 Å². The molecule has 0 unspecified atom stereocenters. The van der Waals surface area contributed by atoms with E-state index in [1.54, 1.807) is 18.2 Å². The number of hydrogen-bond acceptors (Lipinski definition) is 4. The summed E-state index contributed by atoms with van der Waals surface area (Å²) >= 11 is 0. The molecule has 2 amide bonds. The van der Waals surface area contributed by atoms with Gasteiger partial charge in [0.2, 0.25) is 10.0 Å². The van der Waals surface area contributed by atoms with Crippen molar-refractivity contribution in [1.29, 1.82) is 0 Å². The van der Waals surface area contributed by atoms with Crippen LogP contribution in [0.1, 0.15) is 37.7 Å². The van der Waals surface area contributed by atoms with Gasteiger partial charge in [-0.1, -0.05) is 18.9 Å². The number of carbonyl (C=O) groups is 2. The number of benzene rings is 1. The van der Waals surface area contributed by atoms with Crippen molar-refractivity contribution in [3.63, 3.8) is 0 Å². The number of rotatable bonds is 3. The number of fused-ring (bicyclic) bond motifs is 1. The summed E-state index contributed by atoms with van der Waals surface area (Å²) in [5.41, 5.74) is 1.91. The summed E-state index contributed by atoms with van der Waals surface area (Å²) in [7, 11) is -3.38. The first-order valence-electron chi connectivity index (χ1n) is 8.57. The van der Waals surface area contributed by atoms with Gasteiger partial charge in [-0.3, -0.25) is 13.9 Å². The van der Waals surface area contributed by atoms with Gasteiger partial charge in [0, 0.05) is 18.3 Å². The van der Waals surface area contributed by atoms with Crippen LogP contribution < -0.4 is 14.9 Å². The quantitative estimate of drug-likeness (QED) is 0.792. The van der Waals surface area contributed by atoms with Gasteiger partial charge in [-0.2, -0.15) is 0 Å². The Morgan fingerprint density at radius 3 is 2.52 bits per heavy atom. The molecule has 2 aliphatic rings. The van der Waals surface area contributed by atoms with Crippen LogP contribution in [-0.4, -0.2) is 39.1 Å². The predicted octanol–water partition coefficient (Wildman–Crippen LogP) is 1.40. The third kappa shape index (κ3) is 4.12. The first kappa shape index (κ1) is 17.7. The molecule has 0 atom stereocenters. The van der Waals surface area contributed by atoms with E-state index in [0.717, 1.165) is 44.1 Å². The summed E-state index contributed by atoms with van der Waals surface area (Å²) in [5.74, 6) is -1.38. The van der Waals surface area contributed by atoms with E-state index < -0.39 is 21.8 Å². The molecule has 25 heavy (non-hydrogen) atoms. The zero-order valence-corrected chi connectivity index (χ0v) is 15.1. The average Bonchev–Trinajstić information content (AvgIpc) is 3.06. The molecule has 3 rings (SSSR count). The van der Waals surface area contributed by atoms with Crippen molar-refractivity contribution in [2.24, 2.45) is 0 Å². The van der Waals surface area contributed by atoms with Gasteiger partial charge >= 0.3 is 11.8 Å². The number of amides is 2.